The Balaban J connectivity index is 1.52. The van der Waals surface area contributed by atoms with E-state index in [1.54, 1.807) is 14.2 Å². The highest BCUT2D eigenvalue weighted by Gasteiger charge is 2.23. The number of aliphatic hydroxyl groups excluding tert-OH is 1. The van der Waals surface area contributed by atoms with Crippen LogP contribution < -0.4 is 15.2 Å². The molecule has 0 saturated carbocycles. The van der Waals surface area contributed by atoms with Crippen LogP contribution in [0.3, 0.4) is 0 Å². The van der Waals surface area contributed by atoms with Crippen LogP contribution in [0.4, 0.5) is 10.1 Å². The minimum absolute atomic E-state index is 0.0793. The van der Waals surface area contributed by atoms with Gasteiger partial charge < -0.3 is 30.1 Å². The quantitative estimate of drug-likeness (QED) is 0.537. The van der Waals surface area contributed by atoms with Gasteiger partial charge in [0.2, 0.25) is 5.91 Å². The Kier molecular flexibility index (Phi) is 8.40. The molecule has 2 aromatic rings. The molecule has 33 heavy (non-hydrogen) atoms. The number of likely N-dealkylation sites (N-methyl/N-ethyl adjacent to an activating group) is 1. The van der Waals surface area contributed by atoms with Crippen LogP contribution in [0, 0.1) is 5.82 Å². The summed E-state index contributed by atoms with van der Waals surface area (Å²) in [5.74, 6) is 0.727. The van der Waals surface area contributed by atoms with Gasteiger partial charge >= 0.3 is 0 Å². The average molecular weight is 480 g/mol. The molecule has 3 N–H and O–H groups in total. The molecule has 0 fully saturated rings. The number of carbonyl (C=O) groups is 1. The topological polar surface area (TPSA) is 88.3 Å². The number of nitrogen functional groups attached to an aromatic ring is 1. The van der Waals surface area contributed by atoms with E-state index in [1.165, 1.54) is 12.1 Å². The van der Waals surface area contributed by atoms with Gasteiger partial charge in [-0.2, -0.15) is 0 Å². The Morgan fingerprint density at radius 2 is 1.88 bits per heavy atom. The summed E-state index contributed by atoms with van der Waals surface area (Å²) in [6.07, 6.45) is 0.920. The van der Waals surface area contributed by atoms with E-state index in [2.05, 4.69) is 0 Å². The van der Waals surface area contributed by atoms with Gasteiger partial charge in [-0.25, -0.2) is 4.39 Å². The maximum Gasteiger partial charge on any atom is 0.227 e. The number of aliphatic hydroxyl groups is 1. The first kappa shape index (κ1) is 25.1. The van der Waals surface area contributed by atoms with E-state index in [1.807, 2.05) is 29.0 Å². The Bertz CT molecular complexity index is 981. The second kappa shape index (κ2) is 11.0. The zero-order valence-electron chi connectivity index (χ0n) is 19.2. The van der Waals surface area contributed by atoms with Crippen LogP contribution in [-0.4, -0.2) is 68.3 Å². The normalized spacial score (nSPS) is 14.8. The molecule has 1 atom stereocenters. The summed E-state index contributed by atoms with van der Waals surface area (Å²) in [6.45, 7) is 2.22. The summed E-state index contributed by atoms with van der Waals surface area (Å²) in [6, 6.07) is 6.52. The van der Waals surface area contributed by atoms with Crippen LogP contribution in [0.2, 0.25) is 5.02 Å². The fourth-order valence-corrected chi connectivity index (χ4v) is 4.29. The second-order valence-electron chi connectivity index (χ2n) is 8.31. The number of halogens is 2. The predicted molar refractivity (Wildman–Crippen MR) is 126 cm³/mol. The lowest BCUT2D eigenvalue weighted by Gasteiger charge is -2.24. The summed E-state index contributed by atoms with van der Waals surface area (Å²) >= 11 is 5.92. The van der Waals surface area contributed by atoms with Gasteiger partial charge in [0.15, 0.2) is 11.5 Å². The van der Waals surface area contributed by atoms with Gasteiger partial charge in [-0.3, -0.25) is 4.79 Å². The molecule has 0 spiro atoms. The van der Waals surface area contributed by atoms with Crippen LogP contribution in [-0.2, 0) is 17.6 Å². The van der Waals surface area contributed by atoms with Crippen molar-refractivity contribution in [2.24, 2.45) is 0 Å². The van der Waals surface area contributed by atoms with Gasteiger partial charge in [-0.05, 0) is 67.4 Å². The molecule has 1 heterocycles. The number of nitrogens with two attached hydrogens (primary N) is 1. The molecule has 3 rings (SSSR count). The molecule has 2 aromatic carbocycles. The fourth-order valence-electron chi connectivity index (χ4n) is 4.07. The van der Waals surface area contributed by atoms with Crippen LogP contribution >= 0.6 is 11.6 Å². The second-order valence-corrected chi connectivity index (χ2v) is 8.72. The molecule has 0 saturated heterocycles. The third-order valence-corrected chi connectivity index (χ3v) is 6.30. The number of hydrogen-bond donors (Lipinski definition) is 2. The van der Waals surface area contributed by atoms with E-state index < -0.39 is 11.9 Å². The van der Waals surface area contributed by atoms with E-state index in [4.69, 9.17) is 26.8 Å². The van der Waals surface area contributed by atoms with E-state index in [9.17, 15) is 14.3 Å². The summed E-state index contributed by atoms with van der Waals surface area (Å²) in [7, 11) is 5.06. The number of benzene rings is 2. The number of anilines is 1. The predicted octanol–water partition coefficient (Wildman–Crippen LogP) is 3.06. The highest BCUT2D eigenvalue weighted by Crippen LogP contribution is 2.32. The molecule has 1 aliphatic rings. The lowest BCUT2D eigenvalue weighted by Crippen LogP contribution is -2.35. The van der Waals surface area contributed by atoms with Crippen LogP contribution in [0.5, 0.6) is 11.5 Å². The summed E-state index contributed by atoms with van der Waals surface area (Å²) < 4.78 is 24.6. The van der Waals surface area contributed by atoms with Crippen molar-refractivity contribution < 1.29 is 23.8 Å². The number of hydrogen-bond acceptors (Lipinski definition) is 6. The minimum atomic E-state index is -0.901. The van der Waals surface area contributed by atoms with E-state index in [0.717, 1.165) is 24.0 Å². The third kappa shape index (κ3) is 6.07. The van der Waals surface area contributed by atoms with Gasteiger partial charge in [0.1, 0.15) is 5.82 Å². The molecule has 1 aliphatic heterocycles. The lowest BCUT2D eigenvalue weighted by atomic mass is 10.0. The molecule has 0 bridgehead atoms. The number of methoxy groups -OCH3 is 2. The zero-order valence-corrected chi connectivity index (χ0v) is 20.0. The molecule has 1 unspecified atom stereocenters. The van der Waals surface area contributed by atoms with Gasteiger partial charge in [0.05, 0.1) is 37.5 Å². The van der Waals surface area contributed by atoms with Crippen LogP contribution in [0.1, 0.15) is 29.2 Å². The Labute approximate surface area is 198 Å². The molecule has 0 radical (unpaired) electrons. The number of ether oxygens (including phenoxy) is 2. The van der Waals surface area contributed by atoms with Crippen molar-refractivity contribution in [3.63, 3.8) is 0 Å². The smallest absolute Gasteiger partial charge is 0.227 e. The molecule has 180 valence electrons. The summed E-state index contributed by atoms with van der Waals surface area (Å²) in [5, 5.41) is 10.5. The largest absolute Gasteiger partial charge is 0.493 e. The third-order valence-electron chi connectivity index (χ3n) is 5.99. The van der Waals surface area contributed by atoms with Crippen molar-refractivity contribution in [1.29, 1.82) is 0 Å². The highest BCUT2D eigenvalue weighted by atomic mass is 35.5. The molecular weight excluding hydrogens is 449 g/mol. The Morgan fingerprint density at radius 1 is 1.21 bits per heavy atom. The minimum Gasteiger partial charge on any atom is -0.493 e. The van der Waals surface area contributed by atoms with Crippen molar-refractivity contribution in [1.82, 2.24) is 9.80 Å². The molecule has 9 heteroatoms. The van der Waals surface area contributed by atoms with Gasteiger partial charge in [0.25, 0.3) is 0 Å². The number of fused-ring (bicyclic) bond motifs is 1. The highest BCUT2D eigenvalue weighted by molar-refractivity contribution is 6.33. The average Bonchev–Trinajstić information content (AvgIpc) is 2.93. The van der Waals surface area contributed by atoms with Crippen molar-refractivity contribution in [2.45, 2.75) is 25.4 Å². The van der Waals surface area contributed by atoms with E-state index in [0.29, 0.717) is 49.7 Å². The summed E-state index contributed by atoms with van der Waals surface area (Å²) in [4.78, 5) is 16.6. The van der Waals surface area contributed by atoms with Crippen molar-refractivity contribution >= 4 is 23.2 Å². The van der Waals surface area contributed by atoms with Gasteiger partial charge in [-0.15, -0.1) is 0 Å². The van der Waals surface area contributed by atoms with Crippen molar-refractivity contribution in [3.8, 4) is 11.5 Å². The van der Waals surface area contributed by atoms with Crippen molar-refractivity contribution in [2.75, 3.05) is 53.2 Å². The first-order valence-electron chi connectivity index (χ1n) is 10.9. The molecule has 1 amide bonds. The maximum atomic E-state index is 13.8. The van der Waals surface area contributed by atoms with E-state index >= 15 is 0 Å². The van der Waals surface area contributed by atoms with Gasteiger partial charge in [-0.1, -0.05) is 11.6 Å². The molecule has 0 aromatic heterocycles. The van der Waals surface area contributed by atoms with Crippen LogP contribution in [0.25, 0.3) is 0 Å². The monoisotopic (exact) mass is 479 g/mol. The molecule has 7 nitrogen and oxygen atoms in total. The number of rotatable bonds is 9. The SMILES string of the molecule is COc1cc2c(cc1OC)CC(=O)N(CCCN(C)CC(O)c1cc(F)c(N)c(Cl)c1)CC2. The first-order chi connectivity index (χ1) is 15.7. The van der Waals surface area contributed by atoms with Gasteiger partial charge in [0, 0.05) is 19.6 Å². The maximum absolute atomic E-state index is 13.8. The number of amides is 1. The Morgan fingerprint density at radius 3 is 2.52 bits per heavy atom. The Hall–Kier alpha value is -2.55. The van der Waals surface area contributed by atoms with Crippen LogP contribution in [0.15, 0.2) is 24.3 Å². The number of nitrogens with zero attached hydrogens (tertiary/aromatic N) is 2. The first-order valence-corrected chi connectivity index (χ1v) is 11.2. The zero-order chi connectivity index (χ0) is 24.1. The summed E-state index contributed by atoms with van der Waals surface area (Å²) in [5.41, 5.74) is 7.84. The fraction of sp³-hybridized carbons (Fsp3) is 0.458. The molecule has 0 aliphatic carbocycles. The van der Waals surface area contributed by atoms with E-state index in [-0.39, 0.29) is 16.6 Å². The standard InChI is InChI=1S/C24H31ClFN3O4/c1-28(14-20(30)17-9-18(25)24(27)19(26)10-17)6-4-7-29-8-5-15-11-21(32-2)22(33-3)12-16(15)13-23(29)31/h9-12,20,30H,4-8,13-14,27H2,1-3H3. The lowest BCUT2D eigenvalue weighted by molar-refractivity contribution is -0.130. The molecular formula is C24H31ClFN3O4. The van der Waals surface area contributed by atoms with Crippen molar-refractivity contribution in [3.05, 3.63) is 51.8 Å². The number of carbonyl (C=O) groups excluding carboxylic acids is 1.